The number of amides is 1. The standard InChI is InChI=1S/C19H30N2O3S/c1-13-14(2)25(12-21(13)4-5-24-3)20-17(22)18-7-15-6-16(8-18)10-19(23,9-15)11-18/h12,15-16,23H,4-11H2,1-3H3,(H,20,22). The number of aliphatic hydroxyl groups is 1. The number of allylic oxidation sites excluding steroid dienone is 2. The van der Waals surface area contributed by atoms with E-state index in [1.807, 2.05) is 0 Å². The van der Waals surface area contributed by atoms with E-state index in [2.05, 4.69) is 29.0 Å². The van der Waals surface area contributed by atoms with E-state index in [4.69, 9.17) is 4.74 Å². The highest BCUT2D eigenvalue weighted by Gasteiger charge is 2.60. The van der Waals surface area contributed by atoms with Crippen LogP contribution in [-0.4, -0.2) is 47.3 Å². The van der Waals surface area contributed by atoms with Crippen molar-refractivity contribution in [2.75, 3.05) is 20.3 Å². The molecule has 4 aliphatic carbocycles. The van der Waals surface area contributed by atoms with Crippen LogP contribution in [0.5, 0.6) is 0 Å². The molecular formula is C19H30N2O3S. The average Bonchev–Trinajstić information content (AvgIpc) is 2.78. The number of nitrogens with zero attached hydrogens (tertiary/aromatic N) is 1. The molecule has 2 N–H and O–H groups in total. The van der Waals surface area contributed by atoms with Crippen LogP contribution >= 0.6 is 10.7 Å². The maximum atomic E-state index is 13.3. The Morgan fingerprint density at radius 2 is 2.04 bits per heavy atom. The summed E-state index contributed by atoms with van der Waals surface area (Å²) >= 11 is 0. The van der Waals surface area contributed by atoms with E-state index in [1.54, 1.807) is 7.11 Å². The molecule has 3 atom stereocenters. The lowest BCUT2D eigenvalue weighted by Gasteiger charge is -2.59. The number of methoxy groups -OCH3 is 1. The molecule has 140 valence electrons. The number of nitrogens with one attached hydrogen (secondary N) is 1. The summed E-state index contributed by atoms with van der Waals surface area (Å²) in [6.45, 7) is 5.70. The summed E-state index contributed by atoms with van der Waals surface area (Å²) in [6.07, 6.45) is 5.59. The van der Waals surface area contributed by atoms with Gasteiger partial charge in [-0.15, -0.1) is 0 Å². The molecule has 4 saturated carbocycles. The highest BCUT2D eigenvalue weighted by atomic mass is 32.2. The molecule has 0 spiro atoms. The van der Waals surface area contributed by atoms with Gasteiger partial charge >= 0.3 is 0 Å². The van der Waals surface area contributed by atoms with Gasteiger partial charge in [0.2, 0.25) is 5.91 Å². The van der Waals surface area contributed by atoms with Crippen molar-refractivity contribution in [1.82, 2.24) is 9.62 Å². The molecule has 5 rings (SSSR count). The van der Waals surface area contributed by atoms with Crippen molar-refractivity contribution in [3.05, 3.63) is 10.6 Å². The molecule has 0 radical (unpaired) electrons. The number of rotatable bonds is 5. The molecule has 1 amide bonds. The Morgan fingerprint density at radius 1 is 1.36 bits per heavy atom. The molecule has 4 bridgehead atoms. The van der Waals surface area contributed by atoms with Crippen LogP contribution in [0.25, 0.3) is 0 Å². The van der Waals surface area contributed by atoms with Crippen molar-refractivity contribution >= 4 is 22.1 Å². The van der Waals surface area contributed by atoms with Gasteiger partial charge in [-0.05, 0) is 74.9 Å². The van der Waals surface area contributed by atoms with Crippen molar-refractivity contribution in [2.24, 2.45) is 17.3 Å². The summed E-state index contributed by atoms with van der Waals surface area (Å²) in [4.78, 5) is 16.7. The molecule has 0 aromatic heterocycles. The highest BCUT2D eigenvalue weighted by molar-refractivity contribution is 8.17. The first kappa shape index (κ1) is 17.6. The Morgan fingerprint density at radius 3 is 2.64 bits per heavy atom. The van der Waals surface area contributed by atoms with Crippen LogP contribution in [0.2, 0.25) is 0 Å². The number of hydrogen-bond donors (Lipinski definition) is 2. The number of carbonyl (C=O) groups is 1. The van der Waals surface area contributed by atoms with Gasteiger partial charge in [-0.25, -0.2) is 0 Å². The van der Waals surface area contributed by atoms with Crippen LogP contribution in [0, 0.1) is 17.3 Å². The smallest absolute Gasteiger partial charge is 0.236 e. The van der Waals surface area contributed by atoms with Crippen LogP contribution in [0.1, 0.15) is 52.4 Å². The third-order valence-electron chi connectivity index (χ3n) is 6.75. The zero-order valence-electron chi connectivity index (χ0n) is 15.5. The minimum Gasteiger partial charge on any atom is -0.390 e. The number of hydrogen-bond acceptors (Lipinski definition) is 4. The first-order chi connectivity index (χ1) is 11.8. The molecule has 5 aliphatic rings. The summed E-state index contributed by atoms with van der Waals surface area (Å²) in [5.74, 6) is 1.23. The fraction of sp³-hybridized carbons (Fsp3) is 0.789. The van der Waals surface area contributed by atoms with Crippen LogP contribution in [-0.2, 0) is 9.53 Å². The summed E-state index contributed by atoms with van der Waals surface area (Å²) in [6, 6.07) is 0. The van der Waals surface area contributed by atoms with Crippen LogP contribution in [0.15, 0.2) is 10.6 Å². The molecule has 4 fully saturated rings. The molecule has 25 heavy (non-hydrogen) atoms. The molecular weight excluding hydrogens is 336 g/mol. The van der Waals surface area contributed by atoms with Gasteiger partial charge in [0.15, 0.2) is 0 Å². The van der Waals surface area contributed by atoms with Crippen molar-refractivity contribution in [1.29, 1.82) is 0 Å². The molecule has 3 unspecified atom stereocenters. The van der Waals surface area contributed by atoms with E-state index >= 15 is 0 Å². The summed E-state index contributed by atoms with van der Waals surface area (Å²) < 4.78 is 8.50. The van der Waals surface area contributed by atoms with Crippen molar-refractivity contribution in [3.63, 3.8) is 0 Å². The molecule has 6 heteroatoms. The molecule has 0 aromatic rings. The van der Waals surface area contributed by atoms with Crippen molar-refractivity contribution in [2.45, 2.75) is 58.0 Å². The summed E-state index contributed by atoms with van der Waals surface area (Å²) in [7, 11) is 1.36. The van der Waals surface area contributed by atoms with Gasteiger partial charge < -0.3 is 19.5 Å². The van der Waals surface area contributed by atoms with Crippen LogP contribution in [0.4, 0.5) is 0 Å². The average molecular weight is 367 g/mol. The fourth-order valence-electron chi connectivity index (χ4n) is 5.85. The molecule has 5 nitrogen and oxygen atoms in total. The first-order valence-electron chi connectivity index (χ1n) is 9.39. The Balaban J connectivity index is 1.51. The minimum atomic E-state index is -0.588. The van der Waals surface area contributed by atoms with E-state index in [0.717, 1.165) is 32.2 Å². The van der Waals surface area contributed by atoms with Crippen molar-refractivity contribution < 1.29 is 14.6 Å². The topological polar surface area (TPSA) is 61.8 Å². The quantitative estimate of drug-likeness (QED) is 0.734. The second-order valence-corrected chi connectivity index (χ2v) is 10.4. The van der Waals surface area contributed by atoms with Gasteiger partial charge in [-0.1, -0.05) is 0 Å². The van der Waals surface area contributed by atoms with E-state index < -0.39 is 5.60 Å². The SMILES string of the molecule is COCCN1C=S(NC(=O)C23CC4CC(CC(O)(C4)C2)C3)C(C)=C1C. The highest BCUT2D eigenvalue weighted by Crippen LogP contribution is 2.61. The lowest BCUT2D eigenvalue weighted by molar-refractivity contribution is -0.176. The van der Waals surface area contributed by atoms with Gasteiger partial charge in [0, 0.05) is 24.3 Å². The van der Waals surface area contributed by atoms with Crippen molar-refractivity contribution in [3.8, 4) is 0 Å². The van der Waals surface area contributed by atoms with E-state index in [1.165, 1.54) is 17.0 Å². The summed E-state index contributed by atoms with van der Waals surface area (Å²) in [5, 5.41) is 10.9. The predicted octanol–water partition coefficient (Wildman–Crippen LogP) is 2.59. The van der Waals surface area contributed by atoms with Gasteiger partial charge in [0.05, 0.1) is 23.1 Å². The number of carbonyl (C=O) groups excluding carboxylic acids is 1. The van der Waals surface area contributed by atoms with E-state index in [0.29, 0.717) is 24.9 Å². The van der Waals surface area contributed by atoms with Crippen LogP contribution < -0.4 is 4.72 Å². The normalized spacial score (nSPS) is 42.1. The monoisotopic (exact) mass is 366 g/mol. The van der Waals surface area contributed by atoms with Gasteiger partial charge in [0.1, 0.15) is 0 Å². The van der Waals surface area contributed by atoms with Gasteiger partial charge in [-0.3, -0.25) is 4.79 Å². The third kappa shape index (κ3) is 2.96. The molecule has 1 aliphatic heterocycles. The lowest BCUT2D eigenvalue weighted by atomic mass is 9.48. The lowest BCUT2D eigenvalue weighted by Crippen LogP contribution is -2.59. The summed E-state index contributed by atoms with van der Waals surface area (Å²) in [5.41, 5.74) is 2.42. The van der Waals surface area contributed by atoms with E-state index in [9.17, 15) is 9.90 Å². The Bertz CT molecular complexity index is 643. The zero-order valence-corrected chi connectivity index (χ0v) is 16.3. The number of ether oxygens (including phenoxy) is 1. The third-order valence-corrected chi connectivity index (χ3v) is 8.58. The Labute approximate surface area is 152 Å². The largest absolute Gasteiger partial charge is 0.390 e. The maximum absolute atomic E-state index is 13.3. The van der Waals surface area contributed by atoms with Gasteiger partial charge in [0.25, 0.3) is 0 Å². The minimum absolute atomic E-state index is 0.167. The molecule has 1 heterocycles. The van der Waals surface area contributed by atoms with Crippen LogP contribution in [0.3, 0.4) is 0 Å². The predicted molar refractivity (Wildman–Crippen MR) is 101 cm³/mol. The zero-order chi connectivity index (χ0) is 17.8. The fourth-order valence-corrected chi connectivity index (χ4v) is 7.58. The second-order valence-electron chi connectivity index (χ2n) is 8.67. The molecule has 0 aromatic carbocycles. The van der Waals surface area contributed by atoms with Gasteiger partial charge in [-0.2, -0.15) is 0 Å². The second kappa shape index (κ2) is 6.10. The first-order valence-corrected chi connectivity index (χ1v) is 10.7. The van der Waals surface area contributed by atoms with E-state index in [-0.39, 0.29) is 22.0 Å². The molecule has 0 saturated heterocycles. The maximum Gasteiger partial charge on any atom is 0.236 e. The Hall–Kier alpha value is -0.850. The Kier molecular flexibility index (Phi) is 4.28.